The maximum absolute atomic E-state index is 14.2. The second kappa shape index (κ2) is 15.6. The average Bonchev–Trinajstić information content (AvgIpc) is 3.56. The fourth-order valence-electron chi connectivity index (χ4n) is 6.88. The molecule has 4 rings (SSSR count). The van der Waals surface area contributed by atoms with Gasteiger partial charge in [0.2, 0.25) is 0 Å². The molecule has 270 valence electrons. The van der Waals surface area contributed by atoms with Crippen molar-refractivity contribution in [2.24, 2.45) is 5.92 Å². The normalized spacial score (nSPS) is 22.4. The van der Waals surface area contributed by atoms with Crippen LogP contribution in [0.15, 0.2) is 48.9 Å². The molecular weight excluding hydrogens is 685 g/mol. The smallest absolute Gasteiger partial charge is 0.476 e. The van der Waals surface area contributed by atoms with Crippen molar-refractivity contribution >= 4 is 39.5 Å². The van der Waals surface area contributed by atoms with E-state index in [1.807, 2.05) is 44.2 Å². The molecule has 0 aliphatic carbocycles. The number of amides is 1. The predicted molar refractivity (Wildman–Crippen MR) is 173 cm³/mol. The standard InChI is InChI=1S/C29H43BN4O13P2/c1-21(2)16-23(18-26(35)24(17-22-6-4-3-5-7-22)33-28(37)25-20-31-8-9-32-25)30-34(11-14-46-30,12-15-47-30)10-13-45-27(36)19-29(38,48(39,40)41)49(42,43)44/h3-9,20-21,23-24,38H,10-19H2,1-2H3,(H,33,37)(H2,39,40,41)(H2,42,43,44)/t23-,24+,30?,34?/m1/s1. The zero-order valence-corrected chi connectivity index (χ0v) is 29.0. The molecule has 2 aliphatic rings. The summed E-state index contributed by atoms with van der Waals surface area (Å²) in [5, 5.41) is 9.01. The number of benzene rings is 1. The molecule has 2 atom stereocenters. The first-order chi connectivity index (χ1) is 22.9. The summed E-state index contributed by atoms with van der Waals surface area (Å²) in [5.41, 5.74) is 0.883. The molecule has 6 N–H and O–H groups in total. The van der Waals surface area contributed by atoms with Gasteiger partial charge >= 0.3 is 27.8 Å². The van der Waals surface area contributed by atoms with Crippen molar-refractivity contribution < 1.29 is 66.6 Å². The molecular formula is C29H43BN4O13P2. The Hall–Kier alpha value is -2.89. The number of fused-ring (bicyclic) bond motifs is 1. The molecule has 0 spiro atoms. The van der Waals surface area contributed by atoms with Gasteiger partial charge in [-0.05, 0) is 30.1 Å². The maximum Gasteiger partial charge on any atom is 0.476 e. The van der Waals surface area contributed by atoms with Crippen LogP contribution in [0.3, 0.4) is 0 Å². The van der Waals surface area contributed by atoms with Gasteiger partial charge in [0, 0.05) is 12.4 Å². The fraction of sp³-hybridized carbons (Fsp3) is 0.552. The number of carbonyl (C=O) groups is 3. The molecule has 17 nitrogen and oxygen atoms in total. The van der Waals surface area contributed by atoms with Crippen molar-refractivity contribution in [3.05, 3.63) is 60.2 Å². The highest BCUT2D eigenvalue weighted by Crippen LogP contribution is 2.69. The number of hydrogen-bond acceptors (Lipinski definition) is 11. The SMILES string of the molecule is CC(C)C[C@H](CC(=O)[C@H](Cc1ccccc1)NC(=O)c1cnccn1)[B-]12OCC[N+]1(CCOC(=O)CC(O)(P(=O)(O)O)P(=O)(O)O)CCO2. The summed E-state index contributed by atoms with van der Waals surface area (Å²) in [6.45, 7) is 2.89. The summed E-state index contributed by atoms with van der Waals surface area (Å²) in [4.78, 5) is 85.3. The number of esters is 1. The molecule has 0 bridgehead atoms. The van der Waals surface area contributed by atoms with Crippen molar-refractivity contribution in [3.8, 4) is 0 Å². The van der Waals surface area contributed by atoms with Gasteiger partial charge in [0.25, 0.3) is 11.0 Å². The van der Waals surface area contributed by atoms with E-state index in [1.165, 1.54) is 18.6 Å². The van der Waals surface area contributed by atoms with E-state index in [4.69, 9.17) is 14.0 Å². The highest BCUT2D eigenvalue weighted by atomic mass is 31.2. The first-order valence-electron chi connectivity index (χ1n) is 15.8. The van der Waals surface area contributed by atoms with Crippen LogP contribution < -0.4 is 5.32 Å². The van der Waals surface area contributed by atoms with Crippen molar-refractivity contribution in [1.82, 2.24) is 15.3 Å². The maximum atomic E-state index is 14.2. The Kier molecular flexibility index (Phi) is 12.4. The van der Waals surface area contributed by atoms with Crippen LogP contribution in [-0.2, 0) is 39.2 Å². The third-order valence-electron chi connectivity index (χ3n) is 9.27. The van der Waals surface area contributed by atoms with Gasteiger partial charge in [-0.1, -0.05) is 50.6 Å². The highest BCUT2D eigenvalue weighted by Gasteiger charge is 2.63. The Balaban J connectivity index is 1.54. The highest BCUT2D eigenvalue weighted by molar-refractivity contribution is 7.72. The Morgan fingerprint density at radius 2 is 1.67 bits per heavy atom. The third-order valence-corrected chi connectivity index (χ3v) is 13.0. The van der Waals surface area contributed by atoms with Crippen LogP contribution in [-0.4, -0.2) is 114 Å². The first-order valence-corrected chi connectivity index (χ1v) is 19.1. The molecule has 0 unspecified atom stereocenters. The van der Waals surface area contributed by atoms with Gasteiger partial charge in [0.1, 0.15) is 12.3 Å². The molecule has 3 heterocycles. The van der Waals surface area contributed by atoms with Crippen molar-refractivity contribution in [2.75, 3.05) is 39.5 Å². The number of rotatable bonds is 17. The second-order valence-electron chi connectivity index (χ2n) is 13.0. The van der Waals surface area contributed by atoms with Gasteiger partial charge in [-0.2, -0.15) is 0 Å². The van der Waals surface area contributed by atoms with Gasteiger partial charge in [0.15, 0.2) is 5.78 Å². The quantitative estimate of drug-likeness (QED) is 0.0753. The van der Waals surface area contributed by atoms with E-state index in [2.05, 4.69) is 15.3 Å². The predicted octanol–water partition coefficient (Wildman–Crippen LogP) is 0.944. The number of quaternary nitrogens is 1. The van der Waals surface area contributed by atoms with Gasteiger partial charge in [0.05, 0.1) is 51.5 Å². The van der Waals surface area contributed by atoms with E-state index in [9.17, 15) is 48.2 Å². The molecule has 2 saturated heterocycles. The monoisotopic (exact) mass is 728 g/mol. The minimum atomic E-state index is -5.86. The summed E-state index contributed by atoms with van der Waals surface area (Å²) in [7, 11) is -11.7. The van der Waals surface area contributed by atoms with E-state index >= 15 is 0 Å². The van der Waals surface area contributed by atoms with E-state index in [0.717, 1.165) is 5.56 Å². The average molecular weight is 728 g/mol. The minimum Gasteiger partial charge on any atom is -0.509 e. The van der Waals surface area contributed by atoms with Gasteiger partial charge in [-0.3, -0.25) is 28.5 Å². The molecule has 2 aromatic rings. The van der Waals surface area contributed by atoms with E-state index in [1.54, 1.807) is 0 Å². The number of ketones is 1. The van der Waals surface area contributed by atoms with Gasteiger partial charge in [-0.25, -0.2) is 4.98 Å². The van der Waals surface area contributed by atoms with Crippen LogP contribution >= 0.6 is 15.2 Å². The lowest BCUT2D eigenvalue weighted by Crippen LogP contribution is -2.66. The number of aliphatic hydroxyl groups is 1. The number of ether oxygens (including phenoxy) is 1. The zero-order chi connectivity index (χ0) is 36.1. The Labute approximate surface area is 283 Å². The van der Waals surface area contributed by atoms with Gasteiger partial charge in [-0.15, -0.1) is 0 Å². The molecule has 2 fully saturated rings. The van der Waals surface area contributed by atoms with Crippen LogP contribution in [0.4, 0.5) is 0 Å². The van der Waals surface area contributed by atoms with Crippen molar-refractivity contribution in [2.45, 2.75) is 56.5 Å². The number of nitrogens with zero attached hydrogens (tertiary/aromatic N) is 3. The molecule has 1 amide bonds. The Bertz CT molecular complexity index is 1540. The number of hydrogen-bond donors (Lipinski definition) is 6. The Morgan fingerprint density at radius 3 is 2.22 bits per heavy atom. The molecule has 0 saturated carbocycles. The minimum absolute atomic E-state index is 0.0200. The topological polar surface area (TPSA) is 252 Å². The van der Waals surface area contributed by atoms with E-state index in [-0.39, 0.29) is 61.0 Å². The summed E-state index contributed by atoms with van der Waals surface area (Å²) >= 11 is 0. The largest absolute Gasteiger partial charge is 0.509 e. The van der Waals surface area contributed by atoms with E-state index < -0.39 is 57.1 Å². The number of Topliss-reactive ketones (excluding diaryl/α,β-unsaturated/α-hetero) is 1. The number of nitrogens with one attached hydrogen (secondary N) is 1. The molecule has 1 aromatic carbocycles. The van der Waals surface area contributed by atoms with Crippen LogP contribution in [0.1, 0.15) is 49.2 Å². The second-order valence-corrected chi connectivity index (χ2v) is 17.0. The third kappa shape index (κ3) is 8.71. The zero-order valence-electron chi connectivity index (χ0n) is 27.2. The summed E-state index contributed by atoms with van der Waals surface area (Å²) < 4.78 is 41.5. The number of carbonyl (C=O) groups excluding carboxylic acids is 3. The summed E-state index contributed by atoms with van der Waals surface area (Å²) in [5.74, 6) is -2.61. The van der Waals surface area contributed by atoms with E-state index in [0.29, 0.717) is 19.5 Å². The lowest BCUT2D eigenvalue weighted by atomic mass is 9.51. The lowest BCUT2D eigenvalue weighted by Gasteiger charge is -2.51. The van der Waals surface area contributed by atoms with Crippen LogP contribution in [0, 0.1) is 5.92 Å². The van der Waals surface area contributed by atoms with Crippen molar-refractivity contribution in [3.63, 3.8) is 0 Å². The van der Waals surface area contributed by atoms with Gasteiger partial charge < -0.3 is 48.4 Å². The van der Waals surface area contributed by atoms with Crippen molar-refractivity contribution in [1.29, 1.82) is 0 Å². The summed E-state index contributed by atoms with van der Waals surface area (Å²) in [6, 6.07) is 8.30. The van der Waals surface area contributed by atoms with Crippen LogP contribution in [0.5, 0.6) is 0 Å². The van der Waals surface area contributed by atoms with Crippen LogP contribution in [0.25, 0.3) is 0 Å². The Morgan fingerprint density at radius 1 is 1.04 bits per heavy atom. The summed E-state index contributed by atoms with van der Waals surface area (Å²) in [6.07, 6.45) is 3.18. The number of aromatic nitrogens is 2. The van der Waals surface area contributed by atoms with Crippen LogP contribution in [0.2, 0.25) is 5.82 Å². The molecule has 49 heavy (non-hydrogen) atoms. The fourth-order valence-corrected chi connectivity index (χ4v) is 8.91. The molecule has 0 radical (unpaired) electrons. The first kappa shape index (κ1) is 38.9. The molecule has 1 aromatic heterocycles. The lowest BCUT2D eigenvalue weighted by molar-refractivity contribution is -0.823. The molecule has 2 aliphatic heterocycles. The molecule has 20 heteroatoms.